The van der Waals surface area contributed by atoms with E-state index in [2.05, 4.69) is 10.6 Å². The summed E-state index contributed by atoms with van der Waals surface area (Å²) in [5, 5.41) is 5.72. The average molecular weight is 525 g/mol. The number of nitrogens with one attached hydrogen (secondary N) is 2. The van der Waals surface area contributed by atoms with E-state index in [1.54, 1.807) is 30.3 Å². The smallest absolute Gasteiger partial charge is 0.255 e. The van der Waals surface area contributed by atoms with Crippen LogP contribution in [0.2, 0.25) is 10.0 Å². The molecule has 0 aliphatic carbocycles. The Morgan fingerprint density at radius 2 is 1.46 bits per heavy atom. The van der Waals surface area contributed by atoms with Gasteiger partial charge in [-0.25, -0.2) is 4.39 Å². The van der Waals surface area contributed by atoms with Gasteiger partial charge >= 0.3 is 0 Å². The zero-order chi connectivity index (χ0) is 24.8. The van der Waals surface area contributed by atoms with E-state index in [0.717, 1.165) is 10.5 Å². The second-order valence-corrected chi connectivity index (χ2v) is 9.45. The average Bonchev–Trinajstić information content (AvgIpc) is 2.87. The van der Waals surface area contributed by atoms with Crippen LogP contribution in [0.5, 0.6) is 0 Å². The van der Waals surface area contributed by atoms with Gasteiger partial charge in [-0.15, -0.1) is 11.8 Å². The van der Waals surface area contributed by atoms with Crippen molar-refractivity contribution in [2.75, 3.05) is 10.6 Å². The highest BCUT2D eigenvalue weighted by Crippen LogP contribution is 2.38. The Balaban J connectivity index is 1.50. The molecule has 4 aromatic carbocycles. The summed E-state index contributed by atoms with van der Waals surface area (Å²) in [5.74, 6) is -0.998. The maximum absolute atomic E-state index is 13.3. The van der Waals surface area contributed by atoms with Crippen LogP contribution in [0.25, 0.3) is 0 Å². The van der Waals surface area contributed by atoms with Crippen molar-refractivity contribution in [1.82, 2.24) is 0 Å². The fraction of sp³-hybridized carbons (Fsp3) is 0.0370. The molecule has 2 amide bonds. The van der Waals surface area contributed by atoms with Crippen LogP contribution in [0.15, 0.2) is 102 Å². The van der Waals surface area contributed by atoms with Gasteiger partial charge in [-0.2, -0.15) is 0 Å². The molecule has 8 heteroatoms. The van der Waals surface area contributed by atoms with Crippen LogP contribution in [0.1, 0.15) is 21.2 Å². The van der Waals surface area contributed by atoms with Crippen LogP contribution in [-0.2, 0) is 4.79 Å². The number of amides is 2. The molecule has 4 rings (SSSR count). The number of anilines is 2. The van der Waals surface area contributed by atoms with Crippen LogP contribution in [-0.4, -0.2) is 11.8 Å². The topological polar surface area (TPSA) is 58.2 Å². The third kappa shape index (κ3) is 6.42. The Morgan fingerprint density at radius 1 is 0.771 bits per heavy atom. The summed E-state index contributed by atoms with van der Waals surface area (Å²) in [4.78, 5) is 26.5. The lowest BCUT2D eigenvalue weighted by Crippen LogP contribution is -2.19. The first-order valence-corrected chi connectivity index (χ1v) is 12.2. The van der Waals surface area contributed by atoms with Crippen molar-refractivity contribution in [3.8, 4) is 0 Å². The highest BCUT2D eigenvalue weighted by atomic mass is 35.5. The molecule has 4 nitrogen and oxygen atoms in total. The molecular formula is C27H19Cl2FN2O2S. The lowest BCUT2D eigenvalue weighted by Gasteiger charge is -2.18. The molecule has 0 spiro atoms. The molecule has 0 aliphatic heterocycles. The fourth-order valence-corrected chi connectivity index (χ4v) is 4.63. The minimum absolute atomic E-state index is 0.251. The number of benzene rings is 4. The lowest BCUT2D eigenvalue weighted by molar-refractivity contribution is -0.115. The second kappa shape index (κ2) is 11.4. The molecule has 176 valence electrons. The second-order valence-electron chi connectivity index (χ2n) is 7.48. The molecule has 35 heavy (non-hydrogen) atoms. The molecule has 0 aliphatic rings. The van der Waals surface area contributed by atoms with Gasteiger partial charge in [0.2, 0.25) is 5.91 Å². The summed E-state index contributed by atoms with van der Waals surface area (Å²) in [6.45, 7) is 0. The molecule has 0 saturated carbocycles. The number of hydrogen-bond donors (Lipinski definition) is 2. The van der Waals surface area contributed by atoms with Gasteiger partial charge < -0.3 is 10.6 Å². The molecule has 0 radical (unpaired) electrons. The first kappa shape index (κ1) is 24.8. The van der Waals surface area contributed by atoms with Crippen LogP contribution >= 0.6 is 35.0 Å². The van der Waals surface area contributed by atoms with E-state index in [1.807, 2.05) is 42.5 Å². The maximum atomic E-state index is 13.3. The number of carbonyl (C=O) groups is 2. The standard InChI is InChI=1S/C27H19Cl2FN2O2S/c28-22-7-4-8-23(24(22)29)32-27(34)25(17-5-2-1-3-6-17)35-21-15-13-20(14-16-21)31-26(33)18-9-11-19(30)12-10-18/h1-16,25H,(H,31,33)(H,32,34). The van der Waals surface area contributed by atoms with Crippen LogP contribution in [0.3, 0.4) is 0 Å². The SMILES string of the molecule is O=C(Nc1ccc(SC(C(=O)Nc2cccc(Cl)c2Cl)c2ccccc2)cc1)c1ccc(F)cc1. The van der Waals surface area contributed by atoms with E-state index >= 15 is 0 Å². The molecular weight excluding hydrogens is 506 g/mol. The zero-order valence-electron chi connectivity index (χ0n) is 18.2. The van der Waals surface area contributed by atoms with Crippen molar-refractivity contribution < 1.29 is 14.0 Å². The summed E-state index contributed by atoms with van der Waals surface area (Å²) in [5.41, 5.74) is 2.19. The molecule has 1 unspecified atom stereocenters. The predicted octanol–water partition coefficient (Wildman–Crippen LogP) is 7.86. The summed E-state index contributed by atoms with van der Waals surface area (Å²) >= 11 is 13.7. The van der Waals surface area contributed by atoms with Gasteiger partial charge in [0.25, 0.3) is 5.91 Å². The Bertz CT molecular complexity index is 1330. The maximum Gasteiger partial charge on any atom is 0.255 e. The third-order valence-electron chi connectivity index (χ3n) is 5.02. The van der Waals surface area contributed by atoms with E-state index in [0.29, 0.717) is 22.0 Å². The summed E-state index contributed by atoms with van der Waals surface area (Å²) in [6.07, 6.45) is 0. The first-order chi connectivity index (χ1) is 16.9. The van der Waals surface area contributed by atoms with Crippen LogP contribution < -0.4 is 10.6 Å². The van der Waals surface area contributed by atoms with Gasteiger partial charge in [0.15, 0.2) is 0 Å². The summed E-state index contributed by atoms with van der Waals surface area (Å²) < 4.78 is 13.1. The molecule has 0 fully saturated rings. The lowest BCUT2D eigenvalue weighted by atomic mass is 10.1. The van der Waals surface area contributed by atoms with E-state index in [1.165, 1.54) is 36.0 Å². The van der Waals surface area contributed by atoms with Crippen molar-refractivity contribution in [1.29, 1.82) is 0 Å². The van der Waals surface area contributed by atoms with Gasteiger partial charge in [0.05, 0.1) is 15.7 Å². The number of rotatable bonds is 7. The van der Waals surface area contributed by atoms with E-state index in [9.17, 15) is 14.0 Å². The Labute approximate surface area is 216 Å². The Morgan fingerprint density at radius 3 is 2.14 bits per heavy atom. The van der Waals surface area contributed by atoms with E-state index in [4.69, 9.17) is 23.2 Å². The van der Waals surface area contributed by atoms with Crippen molar-refractivity contribution in [2.45, 2.75) is 10.1 Å². The van der Waals surface area contributed by atoms with Gasteiger partial charge in [-0.3, -0.25) is 9.59 Å². The minimum atomic E-state index is -0.564. The molecule has 4 aromatic rings. The molecule has 0 saturated heterocycles. The van der Waals surface area contributed by atoms with Gasteiger partial charge in [0.1, 0.15) is 11.1 Å². The van der Waals surface area contributed by atoms with Crippen molar-refractivity contribution in [3.05, 3.63) is 124 Å². The largest absolute Gasteiger partial charge is 0.323 e. The highest BCUT2D eigenvalue weighted by Gasteiger charge is 2.23. The molecule has 0 heterocycles. The van der Waals surface area contributed by atoms with E-state index < -0.39 is 11.1 Å². The number of halogens is 3. The summed E-state index contributed by atoms with van der Waals surface area (Å²) in [6, 6.07) is 26.9. The van der Waals surface area contributed by atoms with Crippen LogP contribution in [0.4, 0.5) is 15.8 Å². The molecule has 0 bridgehead atoms. The normalized spacial score (nSPS) is 11.5. The van der Waals surface area contributed by atoms with Crippen LogP contribution in [0, 0.1) is 5.82 Å². The monoisotopic (exact) mass is 524 g/mol. The fourth-order valence-electron chi connectivity index (χ4n) is 3.26. The van der Waals surface area contributed by atoms with Crippen molar-refractivity contribution in [3.63, 3.8) is 0 Å². The van der Waals surface area contributed by atoms with Gasteiger partial charge in [0, 0.05) is 16.1 Å². The van der Waals surface area contributed by atoms with E-state index in [-0.39, 0.29) is 16.8 Å². The molecule has 2 N–H and O–H groups in total. The number of hydrogen-bond acceptors (Lipinski definition) is 3. The van der Waals surface area contributed by atoms with Crippen molar-refractivity contribution in [2.24, 2.45) is 0 Å². The molecule has 0 aromatic heterocycles. The first-order valence-electron chi connectivity index (χ1n) is 10.5. The van der Waals surface area contributed by atoms with Gasteiger partial charge in [-0.1, -0.05) is 59.6 Å². The minimum Gasteiger partial charge on any atom is -0.323 e. The Kier molecular flexibility index (Phi) is 8.08. The van der Waals surface area contributed by atoms with Crippen molar-refractivity contribution >= 4 is 58.2 Å². The predicted molar refractivity (Wildman–Crippen MR) is 141 cm³/mol. The quantitative estimate of drug-likeness (QED) is 0.242. The third-order valence-corrected chi connectivity index (χ3v) is 7.11. The zero-order valence-corrected chi connectivity index (χ0v) is 20.5. The van der Waals surface area contributed by atoms with Gasteiger partial charge in [-0.05, 0) is 66.2 Å². The Hall–Kier alpha value is -3.32. The number of thioether (sulfide) groups is 1. The summed E-state index contributed by atoms with van der Waals surface area (Å²) in [7, 11) is 0. The molecule has 1 atom stereocenters. The highest BCUT2D eigenvalue weighted by molar-refractivity contribution is 8.00. The number of carbonyl (C=O) groups excluding carboxylic acids is 2.